The Hall–Kier alpha value is -5.46. The first kappa shape index (κ1) is 30.6. The first-order valence-electron chi connectivity index (χ1n) is 14.7. The van der Waals surface area contributed by atoms with E-state index < -0.39 is 0 Å². The molecular weight excluding hydrogens is 594 g/mol. The average Bonchev–Trinajstić information content (AvgIpc) is 3.07. The molecular formula is C34H30F2N6O4. The van der Waals surface area contributed by atoms with Gasteiger partial charge in [-0.1, -0.05) is 24.3 Å². The number of nitrogens with zero attached hydrogens (tertiary/aromatic N) is 4. The molecule has 0 spiro atoms. The van der Waals surface area contributed by atoms with Crippen molar-refractivity contribution in [3.8, 4) is 0 Å². The molecule has 0 atom stereocenters. The maximum absolute atomic E-state index is 13.4. The lowest BCUT2D eigenvalue weighted by molar-refractivity contribution is 0.0418. The Morgan fingerprint density at radius 1 is 0.543 bits per heavy atom. The summed E-state index contributed by atoms with van der Waals surface area (Å²) in [5, 5.41) is 7.16. The molecule has 0 saturated heterocycles. The molecule has 0 aliphatic rings. The van der Waals surface area contributed by atoms with Gasteiger partial charge in [-0.3, -0.25) is 18.7 Å². The van der Waals surface area contributed by atoms with Crippen LogP contribution in [0.1, 0.15) is 0 Å². The lowest BCUT2D eigenvalue weighted by atomic mass is 10.2. The summed E-state index contributed by atoms with van der Waals surface area (Å²) in [7, 11) is 0. The fraction of sp³-hybridized carbons (Fsp3) is 0.176. The summed E-state index contributed by atoms with van der Waals surface area (Å²) in [6, 6.07) is 25.7. The summed E-state index contributed by atoms with van der Waals surface area (Å²) >= 11 is 0. The maximum atomic E-state index is 13.4. The molecule has 12 heteroatoms. The van der Waals surface area contributed by atoms with Crippen LogP contribution in [-0.2, 0) is 22.6 Å². The summed E-state index contributed by atoms with van der Waals surface area (Å²) in [5.74, 6) is -0.106. The largest absolute Gasteiger partial charge is 0.377 e. The molecule has 2 heterocycles. The van der Waals surface area contributed by atoms with E-state index in [2.05, 4.69) is 20.6 Å². The van der Waals surface area contributed by atoms with Crippen LogP contribution in [0.4, 0.5) is 32.1 Å². The average molecular weight is 625 g/mol. The third-order valence-corrected chi connectivity index (χ3v) is 7.21. The second-order valence-corrected chi connectivity index (χ2v) is 10.3. The van der Waals surface area contributed by atoms with Crippen molar-refractivity contribution in [3.05, 3.63) is 129 Å². The van der Waals surface area contributed by atoms with Gasteiger partial charge in [0, 0.05) is 11.4 Å². The molecule has 0 amide bonds. The summed E-state index contributed by atoms with van der Waals surface area (Å²) in [6.07, 6.45) is 0. The smallest absolute Gasteiger partial charge is 0.262 e. The maximum Gasteiger partial charge on any atom is 0.262 e. The molecule has 10 nitrogen and oxygen atoms in total. The quantitative estimate of drug-likeness (QED) is 0.160. The number of para-hydroxylation sites is 2. The molecule has 4 aromatic carbocycles. The van der Waals surface area contributed by atoms with Crippen LogP contribution in [0, 0.1) is 11.6 Å². The number of anilines is 4. The zero-order chi connectivity index (χ0) is 31.9. The van der Waals surface area contributed by atoms with Crippen LogP contribution in [0.25, 0.3) is 21.8 Å². The van der Waals surface area contributed by atoms with Gasteiger partial charge in [0.15, 0.2) is 0 Å². The van der Waals surface area contributed by atoms with Crippen LogP contribution in [0.3, 0.4) is 0 Å². The zero-order valence-electron chi connectivity index (χ0n) is 24.7. The second-order valence-electron chi connectivity index (χ2n) is 10.3. The third kappa shape index (κ3) is 7.09. The third-order valence-electron chi connectivity index (χ3n) is 7.21. The van der Waals surface area contributed by atoms with E-state index in [0.29, 0.717) is 45.1 Å². The number of rotatable bonds is 13. The minimum Gasteiger partial charge on any atom is -0.377 e. The predicted octanol–water partition coefficient (Wildman–Crippen LogP) is 5.61. The van der Waals surface area contributed by atoms with E-state index in [-0.39, 0.29) is 62.3 Å². The number of hydrogen-bond donors (Lipinski definition) is 2. The molecule has 0 unspecified atom stereocenters. The van der Waals surface area contributed by atoms with Crippen LogP contribution in [0.2, 0.25) is 0 Å². The monoisotopic (exact) mass is 624 g/mol. The summed E-state index contributed by atoms with van der Waals surface area (Å²) < 4.78 is 41.3. The van der Waals surface area contributed by atoms with E-state index in [1.165, 1.54) is 33.4 Å². The van der Waals surface area contributed by atoms with Crippen molar-refractivity contribution in [1.82, 2.24) is 19.1 Å². The minimum absolute atomic E-state index is 0.209. The van der Waals surface area contributed by atoms with Crippen LogP contribution in [0.5, 0.6) is 0 Å². The van der Waals surface area contributed by atoms with Crippen molar-refractivity contribution in [2.45, 2.75) is 13.1 Å². The number of nitrogens with one attached hydrogen (secondary N) is 2. The summed E-state index contributed by atoms with van der Waals surface area (Å²) in [6.45, 7) is 1.36. The standard InChI is InChI=1S/C34H30F2N6O4/c35-23-9-13-25(14-10-23)37-33-39-29-7-3-1-5-27(29)31(43)41(33)17-19-45-21-22-46-20-18-42-32(44)28-6-2-4-8-30(28)40-34(42)38-26-15-11-24(36)12-16-26/h1-16H,17-22H2,(H,37,39)(H,38,40). The molecule has 0 aliphatic heterocycles. The van der Waals surface area contributed by atoms with Gasteiger partial charge in [-0.15, -0.1) is 0 Å². The van der Waals surface area contributed by atoms with Crippen molar-refractivity contribution in [3.63, 3.8) is 0 Å². The van der Waals surface area contributed by atoms with Gasteiger partial charge in [-0.2, -0.15) is 0 Å². The van der Waals surface area contributed by atoms with Gasteiger partial charge < -0.3 is 20.1 Å². The van der Waals surface area contributed by atoms with Crippen molar-refractivity contribution in [1.29, 1.82) is 0 Å². The Kier molecular flexibility index (Phi) is 9.37. The molecule has 6 rings (SSSR count). The summed E-state index contributed by atoms with van der Waals surface area (Å²) in [5.41, 5.74) is 1.80. The Morgan fingerprint density at radius 2 is 0.935 bits per heavy atom. The Bertz CT molecular complexity index is 1930. The van der Waals surface area contributed by atoms with E-state index in [9.17, 15) is 18.4 Å². The van der Waals surface area contributed by atoms with Gasteiger partial charge in [-0.05, 0) is 72.8 Å². The first-order chi connectivity index (χ1) is 22.5. The zero-order valence-corrected chi connectivity index (χ0v) is 24.7. The number of fused-ring (bicyclic) bond motifs is 2. The van der Waals surface area contributed by atoms with Crippen molar-refractivity contribution < 1.29 is 18.3 Å². The lowest BCUT2D eigenvalue weighted by Gasteiger charge is -2.16. The summed E-state index contributed by atoms with van der Waals surface area (Å²) in [4.78, 5) is 35.8. The molecule has 46 heavy (non-hydrogen) atoms. The molecule has 2 N–H and O–H groups in total. The van der Waals surface area contributed by atoms with Gasteiger partial charge in [0.25, 0.3) is 11.1 Å². The van der Waals surface area contributed by atoms with E-state index in [1.54, 1.807) is 72.8 Å². The lowest BCUT2D eigenvalue weighted by Crippen LogP contribution is -2.27. The molecule has 0 fully saturated rings. The normalized spacial score (nSPS) is 11.3. The van der Waals surface area contributed by atoms with Gasteiger partial charge >= 0.3 is 0 Å². The van der Waals surface area contributed by atoms with Crippen LogP contribution < -0.4 is 21.8 Å². The fourth-order valence-electron chi connectivity index (χ4n) is 4.90. The van der Waals surface area contributed by atoms with Crippen molar-refractivity contribution >= 4 is 45.1 Å². The Morgan fingerprint density at radius 3 is 1.35 bits per heavy atom. The van der Waals surface area contributed by atoms with E-state index >= 15 is 0 Å². The highest BCUT2D eigenvalue weighted by Crippen LogP contribution is 2.19. The van der Waals surface area contributed by atoms with Gasteiger partial charge in [0.05, 0.1) is 61.3 Å². The van der Waals surface area contributed by atoms with E-state index in [4.69, 9.17) is 9.47 Å². The van der Waals surface area contributed by atoms with Crippen LogP contribution in [0.15, 0.2) is 107 Å². The molecule has 6 aromatic rings. The predicted molar refractivity (Wildman–Crippen MR) is 173 cm³/mol. The van der Waals surface area contributed by atoms with Crippen LogP contribution in [-0.4, -0.2) is 45.5 Å². The number of benzene rings is 4. The number of aromatic nitrogens is 4. The van der Waals surface area contributed by atoms with Gasteiger partial charge in [0.2, 0.25) is 11.9 Å². The van der Waals surface area contributed by atoms with Crippen molar-refractivity contribution in [2.75, 3.05) is 37.1 Å². The van der Waals surface area contributed by atoms with Crippen LogP contribution >= 0.6 is 0 Å². The molecule has 0 radical (unpaired) electrons. The minimum atomic E-state index is -0.367. The van der Waals surface area contributed by atoms with Gasteiger partial charge in [0.1, 0.15) is 11.6 Å². The Labute approximate surface area is 261 Å². The number of halogens is 2. The van der Waals surface area contributed by atoms with E-state index in [1.807, 2.05) is 0 Å². The molecule has 2 aromatic heterocycles. The molecule has 234 valence electrons. The highest BCUT2D eigenvalue weighted by Gasteiger charge is 2.13. The number of ether oxygens (including phenoxy) is 2. The highest BCUT2D eigenvalue weighted by atomic mass is 19.1. The molecule has 0 saturated carbocycles. The second kappa shape index (κ2) is 14.1. The molecule has 0 aliphatic carbocycles. The van der Waals surface area contributed by atoms with Gasteiger partial charge in [-0.25, -0.2) is 18.7 Å². The van der Waals surface area contributed by atoms with Crippen molar-refractivity contribution in [2.24, 2.45) is 0 Å². The topological polar surface area (TPSA) is 112 Å². The fourth-order valence-corrected chi connectivity index (χ4v) is 4.90. The highest BCUT2D eigenvalue weighted by molar-refractivity contribution is 5.80. The Balaban J connectivity index is 1.06. The SMILES string of the molecule is O=c1c2ccccc2nc(Nc2ccc(F)cc2)n1CCOCCOCCn1c(Nc2ccc(F)cc2)nc2ccccc2c1=O. The van der Waals surface area contributed by atoms with E-state index in [0.717, 1.165) is 0 Å². The molecule has 0 bridgehead atoms. The number of hydrogen-bond acceptors (Lipinski definition) is 8. The first-order valence-corrected chi connectivity index (χ1v) is 14.7.